The van der Waals surface area contributed by atoms with Crippen molar-refractivity contribution in [3.8, 4) is 11.5 Å². The van der Waals surface area contributed by atoms with Crippen LogP contribution < -0.4 is 10.1 Å². The van der Waals surface area contributed by atoms with Gasteiger partial charge >= 0.3 is 0 Å². The molecule has 3 aromatic carbocycles. The van der Waals surface area contributed by atoms with Crippen molar-refractivity contribution in [2.45, 2.75) is 31.8 Å². The lowest BCUT2D eigenvalue weighted by Crippen LogP contribution is -2.44. The molecule has 1 aliphatic heterocycles. The maximum atomic E-state index is 12.3. The molecule has 0 atom stereocenters. The summed E-state index contributed by atoms with van der Waals surface area (Å²) in [6.07, 6.45) is 2.43. The van der Waals surface area contributed by atoms with Crippen molar-refractivity contribution in [3.63, 3.8) is 0 Å². The molecule has 0 aromatic heterocycles. The molecule has 0 spiro atoms. The lowest BCUT2D eigenvalue weighted by Gasteiger charge is -2.32. The van der Waals surface area contributed by atoms with E-state index in [-0.39, 0.29) is 11.9 Å². The van der Waals surface area contributed by atoms with Crippen molar-refractivity contribution in [2.75, 3.05) is 13.1 Å². The molecule has 4 nitrogen and oxygen atoms in total. The molecule has 1 amide bonds. The van der Waals surface area contributed by atoms with E-state index in [4.69, 9.17) is 4.74 Å². The molecule has 1 N–H and O–H groups in total. The molecule has 1 heterocycles. The topological polar surface area (TPSA) is 41.6 Å². The Hall–Kier alpha value is -3.11. The second-order valence-corrected chi connectivity index (χ2v) is 7.84. The van der Waals surface area contributed by atoms with E-state index in [0.29, 0.717) is 6.42 Å². The monoisotopic (exact) mass is 400 g/mol. The molecule has 1 saturated heterocycles. The van der Waals surface area contributed by atoms with Gasteiger partial charge in [0.25, 0.3) is 0 Å². The number of ether oxygens (including phenoxy) is 1. The summed E-state index contributed by atoms with van der Waals surface area (Å²) >= 11 is 0. The average Bonchev–Trinajstić information content (AvgIpc) is 2.77. The minimum absolute atomic E-state index is 0.116. The SMILES string of the molecule is O=C(Cc1ccccc1)NC1CCN(Cc2cccc(Oc3ccccc3)c2)CC1. The van der Waals surface area contributed by atoms with Crippen molar-refractivity contribution >= 4 is 5.91 Å². The first-order chi connectivity index (χ1) is 14.7. The van der Waals surface area contributed by atoms with Crippen LogP contribution in [0.3, 0.4) is 0 Å². The highest BCUT2D eigenvalue weighted by molar-refractivity contribution is 5.78. The summed E-state index contributed by atoms with van der Waals surface area (Å²) in [5.74, 6) is 1.83. The van der Waals surface area contributed by atoms with E-state index < -0.39 is 0 Å². The van der Waals surface area contributed by atoms with Crippen LogP contribution in [-0.4, -0.2) is 29.9 Å². The molecule has 0 unspecified atom stereocenters. The molecular formula is C26H28N2O2. The standard InChI is InChI=1S/C26H28N2O2/c29-26(19-21-8-3-1-4-9-21)27-23-14-16-28(17-15-23)20-22-10-7-13-25(18-22)30-24-11-5-2-6-12-24/h1-13,18,23H,14-17,19-20H2,(H,27,29). The number of amides is 1. The Morgan fingerprint density at radius 1 is 0.833 bits per heavy atom. The largest absolute Gasteiger partial charge is 0.457 e. The molecule has 0 aliphatic carbocycles. The van der Waals surface area contributed by atoms with Gasteiger partial charge in [-0.25, -0.2) is 0 Å². The van der Waals surface area contributed by atoms with Gasteiger partial charge in [-0.15, -0.1) is 0 Å². The zero-order chi connectivity index (χ0) is 20.6. The highest BCUT2D eigenvalue weighted by Crippen LogP contribution is 2.23. The van der Waals surface area contributed by atoms with Crippen LogP contribution in [0.1, 0.15) is 24.0 Å². The summed E-state index contributed by atoms with van der Waals surface area (Å²) in [7, 11) is 0. The predicted molar refractivity (Wildman–Crippen MR) is 120 cm³/mol. The van der Waals surface area contributed by atoms with E-state index >= 15 is 0 Å². The fraction of sp³-hybridized carbons (Fsp3) is 0.269. The number of nitrogens with zero attached hydrogens (tertiary/aromatic N) is 1. The Bertz CT molecular complexity index is 936. The fourth-order valence-electron chi connectivity index (χ4n) is 3.89. The number of benzene rings is 3. The third-order valence-electron chi connectivity index (χ3n) is 5.44. The molecule has 4 rings (SSSR count). The van der Waals surface area contributed by atoms with Crippen molar-refractivity contribution in [1.82, 2.24) is 10.2 Å². The molecule has 1 fully saturated rings. The fourth-order valence-corrected chi connectivity index (χ4v) is 3.89. The number of carbonyl (C=O) groups excluding carboxylic acids is 1. The number of para-hydroxylation sites is 1. The van der Waals surface area contributed by atoms with Crippen LogP contribution in [0.2, 0.25) is 0 Å². The Kier molecular flexibility index (Phi) is 6.78. The zero-order valence-electron chi connectivity index (χ0n) is 17.2. The Morgan fingerprint density at radius 3 is 2.20 bits per heavy atom. The first-order valence-electron chi connectivity index (χ1n) is 10.6. The van der Waals surface area contributed by atoms with Crippen molar-refractivity contribution < 1.29 is 9.53 Å². The van der Waals surface area contributed by atoms with Crippen LogP contribution in [-0.2, 0) is 17.8 Å². The Balaban J connectivity index is 1.24. The summed E-state index contributed by atoms with van der Waals surface area (Å²) in [5, 5.41) is 3.20. The lowest BCUT2D eigenvalue weighted by molar-refractivity contribution is -0.121. The minimum Gasteiger partial charge on any atom is -0.457 e. The molecule has 3 aromatic rings. The van der Waals surface area contributed by atoms with Gasteiger partial charge in [-0.2, -0.15) is 0 Å². The molecule has 1 aliphatic rings. The summed E-state index contributed by atoms with van der Waals surface area (Å²) in [6, 6.07) is 28.3. The molecular weight excluding hydrogens is 372 g/mol. The van der Waals surface area contributed by atoms with Crippen molar-refractivity contribution in [1.29, 1.82) is 0 Å². The van der Waals surface area contributed by atoms with Gasteiger partial charge in [0, 0.05) is 25.7 Å². The Labute approximate surface area is 178 Å². The van der Waals surface area contributed by atoms with Crippen LogP contribution in [0.15, 0.2) is 84.9 Å². The van der Waals surface area contributed by atoms with Gasteiger partial charge in [0.1, 0.15) is 11.5 Å². The number of hydrogen-bond acceptors (Lipinski definition) is 3. The number of rotatable bonds is 7. The second kappa shape index (κ2) is 10.1. The third kappa shape index (κ3) is 5.94. The molecule has 0 saturated carbocycles. The van der Waals surface area contributed by atoms with Gasteiger partial charge < -0.3 is 10.1 Å². The van der Waals surface area contributed by atoms with E-state index in [1.807, 2.05) is 72.8 Å². The van der Waals surface area contributed by atoms with Gasteiger partial charge in [-0.3, -0.25) is 9.69 Å². The first kappa shape index (κ1) is 20.2. The number of likely N-dealkylation sites (tertiary alicyclic amines) is 1. The predicted octanol–water partition coefficient (Wildman–Crippen LogP) is 4.80. The van der Waals surface area contributed by atoms with Crippen LogP contribution in [0.4, 0.5) is 0 Å². The van der Waals surface area contributed by atoms with Crippen molar-refractivity contribution in [2.24, 2.45) is 0 Å². The van der Waals surface area contributed by atoms with Gasteiger partial charge in [-0.05, 0) is 48.2 Å². The van der Waals surface area contributed by atoms with Crippen molar-refractivity contribution in [3.05, 3.63) is 96.1 Å². The maximum absolute atomic E-state index is 12.3. The molecule has 0 bridgehead atoms. The van der Waals surface area contributed by atoms with Crippen LogP contribution in [0, 0.1) is 0 Å². The maximum Gasteiger partial charge on any atom is 0.224 e. The molecule has 30 heavy (non-hydrogen) atoms. The Morgan fingerprint density at radius 2 is 1.47 bits per heavy atom. The zero-order valence-corrected chi connectivity index (χ0v) is 17.2. The van der Waals surface area contributed by atoms with E-state index in [1.54, 1.807) is 0 Å². The number of nitrogens with one attached hydrogen (secondary N) is 1. The van der Waals surface area contributed by atoms with Crippen LogP contribution >= 0.6 is 0 Å². The van der Waals surface area contributed by atoms with Gasteiger partial charge in [-0.1, -0.05) is 60.7 Å². The van der Waals surface area contributed by atoms with E-state index in [2.05, 4.69) is 22.3 Å². The van der Waals surface area contributed by atoms with Gasteiger partial charge in [0.05, 0.1) is 6.42 Å². The number of piperidine rings is 1. The van der Waals surface area contributed by atoms with Crippen LogP contribution in [0.5, 0.6) is 11.5 Å². The van der Waals surface area contributed by atoms with E-state index in [9.17, 15) is 4.79 Å². The second-order valence-electron chi connectivity index (χ2n) is 7.84. The highest BCUT2D eigenvalue weighted by Gasteiger charge is 2.20. The lowest BCUT2D eigenvalue weighted by atomic mass is 10.0. The normalized spacial score (nSPS) is 14.9. The summed E-state index contributed by atoms with van der Waals surface area (Å²) in [5.41, 5.74) is 2.31. The van der Waals surface area contributed by atoms with E-state index in [1.165, 1.54) is 5.56 Å². The smallest absolute Gasteiger partial charge is 0.224 e. The summed E-state index contributed by atoms with van der Waals surface area (Å²) < 4.78 is 5.95. The quantitative estimate of drug-likeness (QED) is 0.619. The minimum atomic E-state index is 0.116. The van der Waals surface area contributed by atoms with E-state index in [0.717, 1.165) is 49.5 Å². The summed E-state index contributed by atoms with van der Waals surface area (Å²) in [6.45, 7) is 2.87. The van der Waals surface area contributed by atoms with Gasteiger partial charge in [0.2, 0.25) is 5.91 Å². The first-order valence-corrected chi connectivity index (χ1v) is 10.6. The van der Waals surface area contributed by atoms with Gasteiger partial charge in [0.15, 0.2) is 0 Å². The molecule has 4 heteroatoms. The highest BCUT2D eigenvalue weighted by atomic mass is 16.5. The molecule has 0 radical (unpaired) electrons. The third-order valence-corrected chi connectivity index (χ3v) is 5.44. The average molecular weight is 401 g/mol. The molecule has 154 valence electrons. The number of carbonyl (C=O) groups is 1. The van der Waals surface area contributed by atoms with Crippen LogP contribution in [0.25, 0.3) is 0 Å². The summed E-state index contributed by atoms with van der Waals surface area (Å²) in [4.78, 5) is 14.7. The number of hydrogen-bond donors (Lipinski definition) is 1.